The van der Waals surface area contributed by atoms with Crippen LogP contribution in [0.2, 0.25) is 0 Å². The topological polar surface area (TPSA) is 12.0 Å². The third kappa shape index (κ3) is 2.32. The second kappa shape index (κ2) is 4.63. The quantitative estimate of drug-likeness (QED) is 0.757. The number of likely N-dealkylation sites (N-methyl/N-ethyl adjacent to an activating group) is 1. The van der Waals surface area contributed by atoms with E-state index in [2.05, 4.69) is 31.3 Å². The third-order valence-electron chi connectivity index (χ3n) is 2.11. The Balaban J connectivity index is 2.66. The van der Waals surface area contributed by atoms with Gasteiger partial charge in [-0.05, 0) is 32.5 Å². The number of rotatable bonds is 4. The number of hydrogen-bond donors (Lipinski definition) is 1. The van der Waals surface area contributed by atoms with Crippen molar-refractivity contribution in [3.05, 3.63) is 21.9 Å². The molecule has 0 spiro atoms. The van der Waals surface area contributed by atoms with E-state index in [9.17, 15) is 0 Å². The Morgan fingerprint density at radius 2 is 2.25 bits per heavy atom. The lowest BCUT2D eigenvalue weighted by Gasteiger charge is -2.11. The Morgan fingerprint density at radius 3 is 2.67 bits per heavy atom. The molecule has 12 heavy (non-hydrogen) atoms. The van der Waals surface area contributed by atoms with E-state index in [-0.39, 0.29) is 0 Å². The fraction of sp³-hybridized carbons (Fsp3) is 0.600. The number of hydrogen-bond acceptors (Lipinski definition) is 2. The first-order valence-electron chi connectivity index (χ1n) is 4.48. The third-order valence-corrected chi connectivity index (χ3v) is 3.27. The van der Waals surface area contributed by atoms with Gasteiger partial charge in [0, 0.05) is 22.2 Å². The molecule has 0 amide bonds. The van der Waals surface area contributed by atoms with E-state index in [1.54, 1.807) is 0 Å². The van der Waals surface area contributed by atoms with E-state index in [0.29, 0.717) is 5.92 Å². The summed E-state index contributed by atoms with van der Waals surface area (Å²) in [6.07, 6.45) is 1.22. The van der Waals surface area contributed by atoms with Crippen molar-refractivity contribution in [3.8, 4) is 0 Å². The lowest BCUT2D eigenvalue weighted by molar-refractivity contribution is 0.620. The van der Waals surface area contributed by atoms with Crippen LogP contribution in [0.5, 0.6) is 0 Å². The maximum Gasteiger partial charge on any atom is 0.00915 e. The first-order chi connectivity index (χ1) is 5.77. The zero-order chi connectivity index (χ0) is 8.97. The molecule has 1 N–H and O–H groups in total. The monoisotopic (exact) mass is 183 g/mol. The van der Waals surface area contributed by atoms with E-state index in [1.165, 1.54) is 16.2 Å². The molecule has 0 fully saturated rings. The maximum absolute atomic E-state index is 3.23. The molecule has 1 aromatic rings. The summed E-state index contributed by atoms with van der Waals surface area (Å²) in [5, 5.41) is 3.23. The van der Waals surface area contributed by atoms with Crippen LogP contribution in [-0.2, 0) is 0 Å². The minimum atomic E-state index is 0.702. The average molecular weight is 183 g/mol. The second-order valence-corrected chi connectivity index (χ2v) is 4.43. The van der Waals surface area contributed by atoms with Crippen LogP contribution in [0.3, 0.4) is 0 Å². The molecule has 1 heterocycles. The van der Waals surface area contributed by atoms with E-state index < -0.39 is 0 Å². The maximum atomic E-state index is 3.23. The van der Waals surface area contributed by atoms with Crippen molar-refractivity contribution in [2.45, 2.75) is 26.2 Å². The molecule has 0 aliphatic carbocycles. The molecule has 0 aliphatic heterocycles. The van der Waals surface area contributed by atoms with Crippen LogP contribution in [0.15, 0.2) is 12.1 Å². The Hall–Kier alpha value is -0.340. The molecule has 0 bridgehead atoms. The van der Waals surface area contributed by atoms with Crippen LogP contribution in [0, 0.1) is 6.92 Å². The summed E-state index contributed by atoms with van der Waals surface area (Å²) in [7, 11) is 2.02. The summed E-state index contributed by atoms with van der Waals surface area (Å²) in [4.78, 5) is 2.93. The van der Waals surface area contributed by atoms with E-state index in [4.69, 9.17) is 0 Å². The van der Waals surface area contributed by atoms with Crippen molar-refractivity contribution in [2.75, 3.05) is 13.6 Å². The van der Waals surface area contributed by atoms with Crippen molar-refractivity contribution in [1.82, 2.24) is 5.32 Å². The molecule has 0 saturated carbocycles. The Morgan fingerprint density at radius 1 is 1.50 bits per heavy atom. The molecule has 1 rings (SSSR count). The van der Waals surface area contributed by atoms with Gasteiger partial charge in [0.1, 0.15) is 0 Å². The molecule has 0 saturated heterocycles. The highest BCUT2D eigenvalue weighted by Gasteiger charge is 2.09. The van der Waals surface area contributed by atoms with Crippen molar-refractivity contribution in [1.29, 1.82) is 0 Å². The summed E-state index contributed by atoms with van der Waals surface area (Å²) in [5.41, 5.74) is 0. The minimum absolute atomic E-state index is 0.702. The fourth-order valence-corrected chi connectivity index (χ4v) is 2.43. The first-order valence-corrected chi connectivity index (χ1v) is 5.30. The molecule has 1 atom stereocenters. The van der Waals surface area contributed by atoms with Gasteiger partial charge >= 0.3 is 0 Å². The predicted molar refractivity (Wildman–Crippen MR) is 56.0 cm³/mol. The molecular weight excluding hydrogens is 166 g/mol. The van der Waals surface area contributed by atoms with E-state index in [0.717, 1.165) is 6.54 Å². The molecule has 1 nitrogen and oxygen atoms in total. The normalized spacial score (nSPS) is 13.2. The van der Waals surface area contributed by atoms with Gasteiger partial charge in [0.25, 0.3) is 0 Å². The van der Waals surface area contributed by atoms with Crippen LogP contribution in [0.1, 0.15) is 29.0 Å². The number of nitrogens with one attached hydrogen (secondary N) is 1. The lowest BCUT2D eigenvalue weighted by atomic mass is 10.1. The predicted octanol–water partition coefficient (Wildman–Crippen LogP) is 2.77. The van der Waals surface area contributed by atoms with Crippen LogP contribution >= 0.6 is 11.3 Å². The SMILES string of the molecule is CCC(CNC)c1ccc(C)s1. The zero-order valence-electron chi connectivity index (χ0n) is 8.05. The Labute approximate surface area is 78.8 Å². The summed E-state index contributed by atoms with van der Waals surface area (Å²) >= 11 is 1.92. The van der Waals surface area contributed by atoms with Gasteiger partial charge in [-0.3, -0.25) is 0 Å². The van der Waals surface area contributed by atoms with Gasteiger partial charge in [0.05, 0.1) is 0 Å². The largest absolute Gasteiger partial charge is 0.319 e. The van der Waals surface area contributed by atoms with Crippen LogP contribution in [0.25, 0.3) is 0 Å². The summed E-state index contributed by atoms with van der Waals surface area (Å²) < 4.78 is 0. The second-order valence-electron chi connectivity index (χ2n) is 3.11. The Kier molecular flexibility index (Phi) is 3.76. The number of thiophene rings is 1. The summed E-state index contributed by atoms with van der Waals surface area (Å²) in [5.74, 6) is 0.702. The zero-order valence-corrected chi connectivity index (χ0v) is 8.87. The molecular formula is C10H17NS. The molecule has 0 aliphatic rings. The van der Waals surface area contributed by atoms with Gasteiger partial charge in [0.2, 0.25) is 0 Å². The molecule has 0 aromatic carbocycles. The highest BCUT2D eigenvalue weighted by molar-refractivity contribution is 7.12. The fourth-order valence-electron chi connectivity index (χ4n) is 1.37. The minimum Gasteiger partial charge on any atom is -0.319 e. The summed E-state index contributed by atoms with van der Waals surface area (Å²) in [6, 6.07) is 4.46. The van der Waals surface area contributed by atoms with Crippen LogP contribution in [0.4, 0.5) is 0 Å². The molecule has 1 unspecified atom stereocenters. The molecule has 68 valence electrons. The van der Waals surface area contributed by atoms with Crippen molar-refractivity contribution >= 4 is 11.3 Å². The lowest BCUT2D eigenvalue weighted by Crippen LogP contribution is -2.15. The first kappa shape index (κ1) is 9.75. The van der Waals surface area contributed by atoms with Gasteiger partial charge in [-0.25, -0.2) is 0 Å². The smallest absolute Gasteiger partial charge is 0.00915 e. The van der Waals surface area contributed by atoms with Crippen LogP contribution in [-0.4, -0.2) is 13.6 Å². The van der Waals surface area contributed by atoms with Gasteiger partial charge < -0.3 is 5.32 Å². The van der Waals surface area contributed by atoms with Gasteiger partial charge in [0.15, 0.2) is 0 Å². The van der Waals surface area contributed by atoms with Crippen molar-refractivity contribution < 1.29 is 0 Å². The molecule has 1 aromatic heterocycles. The van der Waals surface area contributed by atoms with E-state index in [1.807, 2.05) is 18.4 Å². The Bertz CT molecular complexity index is 229. The highest BCUT2D eigenvalue weighted by atomic mass is 32.1. The van der Waals surface area contributed by atoms with Crippen LogP contribution < -0.4 is 5.32 Å². The van der Waals surface area contributed by atoms with Gasteiger partial charge in [-0.1, -0.05) is 6.92 Å². The highest BCUT2D eigenvalue weighted by Crippen LogP contribution is 2.26. The van der Waals surface area contributed by atoms with E-state index >= 15 is 0 Å². The summed E-state index contributed by atoms with van der Waals surface area (Å²) in [6.45, 7) is 5.51. The van der Waals surface area contributed by atoms with Gasteiger partial charge in [-0.2, -0.15) is 0 Å². The molecule has 0 radical (unpaired) electrons. The standard InChI is InChI=1S/C10H17NS/c1-4-9(7-11-3)10-6-5-8(2)12-10/h5-6,9,11H,4,7H2,1-3H3. The van der Waals surface area contributed by atoms with Gasteiger partial charge in [-0.15, -0.1) is 11.3 Å². The average Bonchev–Trinajstić information content (AvgIpc) is 2.47. The van der Waals surface area contributed by atoms with Crippen molar-refractivity contribution in [3.63, 3.8) is 0 Å². The molecule has 2 heteroatoms. The number of aryl methyl sites for hydroxylation is 1. The van der Waals surface area contributed by atoms with Crippen molar-refractivity contribution in [2.24, 2.45) is 0 Å².